The molecule has 8 nitrogen and oxygen atoms in total. The fourth-order valence-electron chi connectivity index (χ4n) is 4.74. The Hall–Kier alpha value is -3.76. The molecule has 1 fully saturated rings. The van der Waals surface area contributed by atoms with Gasteiger partial charge in [0.1, 0.15) is 5.82 Å². The average molecular weight is 517 g/mol. The van der Waals surface area contributed by atoms with E-state index in [1.807, 2.05) is 17.3 Å². The topological polar surface area (TPSA) is 107 Å². The van der Waals surface area contributed by atoms with Crippen molar-refractivity contribution in [2.45, 2.75) is 25.8 Å². The number of nitrogens with zero attached hydrogens (tertiary/aromatic N) is 3. The quantitative estimate of drug-likeness (QED) is 0.288. The summed E-state index contributed by atoms with van der Waals surface area (Å²) in [4.78, 5) is 41.0. The van der Waals surface area contributed by atoms with Crippen LogP contribution in [0.25, 0.3) is 43.0 Å². The Morgan fingerprint density at radius 3 is 2.56 bits per heavy atom. The highest BCUT2D eigenvalue weighted by molar-refractivity contribution is 7.27. The number of imidazole rings is 2. The first-order valence-corrected chi connectivity index (χ1v) is 13.5. The lowest BCUT2D eigenvalue weighted by atomic mass is 10.0. The van der Waals surface area contributed by atoms with Gasteiger partial charge in [-0.3, -0.25) is 9.59 Å². The highest BCUT2D eigenvalue weighted by atomic mass is 32.1. The number of fused-ring (bicyclic) bond motifs is 1. The van der Waals surface area contributed by atoms with Crippen LogP contribution in [-0.2, 0) is 9.59 Å². The minimum absolute atomic E-state index is 0.0182. The Balaban J connectivity index is 1.21. The molecule has 1 aliphatic rings. The number of likely N-dealkylation sites (tertiary alicyclic amines) is 1. The van der Waals surface area contributed by atoms with Crippen molar-refractivity contribution in [3.05, 3.63) is 59.6 Å². The van der Waals surface area contributed by atoms with Crippen LogP contribution in [0.5, 0.6) is 0 Å². The van der Waals surface area contributed by atoms with Crippen LogP contribution in [0.4, 0.5) is 0 Å². The number of thiophene rings is 2. The van der Waals surface area contributed by atoms with Crippen LogP contribution in [-0.4, -0.2) is 49.7 Å². The molecule has 5 heterocycles. The van der Waals surface area contributed by atoms with Gasteiger partial charge in [-0.1, -0.05) is 24.3 Å². The second kappa shape index (κ2) is 9.36. The summed E-state index contributed by atoms with van der Waals surface area (Å²) in [5, 5.41) is 7.00. The molecule has 5 aromatic rings. The van der Waals surface area contributed by atoms with Crippen LogP contribution in [0.3, 0.4) is 0 Å². The number of hydrogen-bond acceptors (Lipinski definition) is 6. The summed E-state index contributed by atoms with van der Waals surface area (Å²) in [5.74, 6) is 0.497. The maximum atomic E-state index is 12.6. The number of carbonyl (C=O) groups is 2. The van der Waals surface area contributed by atoms with Crippen molar-refractivity contribution in [3.8, 4) is 33.6 Å². The van der Waals surface area contributed by atoms with Gasteiger partial charge in [-0.25, -0.2) is 9.97 Å². The first kappa shape index (κ1) is 22.7. The van der Waals surface area contributed by atoms with Gasteiger partial charge in [0.2, 0.25) is 11.8 Å². The number of benzene rings is 1. The van der Waals surface area contributed by atoms with Crippen molar-refractivity contribution in [1.82, 2.24) is 30.2 Å². The molecule has 0 radical (unpaired) electrons. The molecule has 6 rings (SSSR count). The van der Waals surface area contributed by atoms with E-state index in [0.717, 1.165) is 35.6 Å². The lowest BCUT2D eigenvalue weighted by Crippen LogP contribution is -2.39. The number of aromatic nitrogens is 4. The molecule has 1 aliphatic heterocycles. The third kappa shape index (κ3) is 4.12. The Bertz CT molecular complexity index is 1530. The first-order valence-electron chi connectivity index (χ1n) is 11.8. The van der Waals surface area contributed by atoms with Crippen molar-refractivity contribution in [2.24, 2.45) is 0 Å². The number of nitrogens with one attached hydrogen (secondary N) is 3. The first-order chi connectivity index (χ1) is 17.6. The van der Waals surface area contributed by atoms with E-state index in [4.69, 9.17) is 0 Å². The Kier molecular flexibility index (Phi) is 5.90. The van der Waals surface area contributed by atoms with Crippen molar-refractivity contribution >= 4 is 43.9 Å². The lowest BCUT2D eigenvalue weighted by Gasteiger charge is -2.23. The van der Waals surface area contributed by atoms with Crippen LogP contribution in [0, 0.1) is 0 Å². The van der Waals surface area contributed by atoms with E-state index in [1.165, 1.54) is 33.0 Å². The van der Waals surface area contributed by atoms with E-state index in [0.29, 0.717) is 6.54 Å². The number of carbonyl (C=O) groups excluding carboxylic acids is 2. The van der Waals surface area contributed by atoms with Gasteiger partial charge in [0, 0.05) is 35.4 Å². The van der Waals surface area contributed by atoms with Crippen LogP contribution in [0.1, 0.15) is 31.6 Å². The lowest BCUT2D eigenvalue weighted by molar-refractivity contribution is -0.133. The molecule has 1 saturated heterocycles. The molecule has 0 bridgehead atoms. The van der Waals surface area contributed by atoms with E-state index in [2.05, 4.69) is 60.3 Å². The fraction of sp³-hybridized carbons (Fsp3) is 0.231. The Labute approximate surface area is 215 Å². The van der Waals surface area contributed by atoms with Crippen molar-refractivity contribution in [1.29, 1.82) is 0 Å². The molecule has 36 heavy (non-hydrogen) atoms. The average Bonchev–Trinajstić information content (AvgIpc) is 3.70. The number of amides is 2. The van der Waals surface area contributed by atoms with Crippen LogP contribution in [0.2, 0.25) is 0 Å². The summed E-state index contributed by atoms with van der Waals surface area (Å²) in [5.41, 5.74) is 6.61. The summed E-state index contributed by atoms with van der Waals surface area (Å²) in [7, 11) is 0. The molecule has 0 aliphatic carbocycles. The molecule has 182 valence electrons. The van der Waals surface area contributed by atoms with Gasteiger partial charge in [0.15, 0.2) is 0 Å². The SMILES string of the molecule is CC(=O)NCC(=O)N1CCC[C@H]1c1ncc(-c2ccc(-c3csc4c(-c5cnc[nH]5)csc34)cc2)[nH]1. The van der Waals surface area contributed by atoms with Crippen LogP contribution >= 0.6 is 22.7 Å². The number of H-pyrrole nitrogens is 2. The maximum Gasteiger partial charge on any atom is 0.242 e. The summed E-state index contributed by atoms with van der Waals surface area (Å²) < 4.78 is 2.56. The zero-order valence-corrected chi connectivity index (χ0v) is 21.2. The van der Waals surface area contributed by atoms with E-state index >= 15 is 0 Å². The van der Waals surface area contributed by atoms with Gasteiger partial charge in [-0.15, -0.1) is 22.7 Å². The minimum atomic E-state index is -0.205. The molecule has 1 aromatic carbocycles. The molecular formula is C26H24N6O2S2. The van der Waals surface area contributed by atoms with Gasteiger partial charge in [0.05, 0.1) is 52.1 Å². The number of aromatic amines is 2. The van der Waals surface area contributed by atoms with Crippen molar-refractivity contribution < 1.29 is 9.59 Å². The molecule has 0 saturated carbocycles. The van der Waals surface area contributed by atoms with Crippen molar-refractivity contribution in [2.75, 3.05) is 13.1 Å². The molecule has 1 atom stereocenters. The molecule has 0 spiro atoms. The normalized spacial score (nSPS) is 15.6. The summed E-state index contributed by atoms with van der Waals surface area (Å²) in [6.07, 6.45) is 7.17. The molecular weight excluding hydrogens is 492 g/mol. The minimum Gasteiger partial charge on any atom is -0.347 e. The summed E-state index contributed by atoms with van der Waals surface area (Å²) >= 11 is 3.51. The van der Waals surface area contributed by atoms with Crippen LogP contribution < -0.4 is 5.32 Å². The van der Waals surface area contributed by atoms with Gasteiger partial charge >= 0.3 is 0 Å². The van der Waals surface area contributed by atoms with Gasteiger partial charge in [-0.2, -0.15) is 0 Å². The van der Waals surface area contributed by atoms with Crippen molar-refractivity contribution in [3.63, 3.8) is 0 Å². The van der Waals surface area contributed by atoms with E-state index in [9.17, 15) is 9.59 Å². The fourth-order valence-corrected chi connectivity index (χ4v) is 7.18. The highest BCUT2D eigenvalue weighted by Crippen LogP contribution is 2.43. The maximum absolute atomic E-state index is 12.6. The molecule has 0 unspecified atom stereocenters. The van der Waals surface area contributed by atoms with E-state index in [-0.39, 0.29) is 24.4 Å². The number of hydrogen-bond donors (Lipinski definition) is 3. The van der Waals surface area contributed by atoms with E-state index < -0.39 is 0 Å². The van der Waals surface area contributed by atoms with Gasteiger partial charge < -0.3 is 20.2 Å². The smallest absolute Gasteiger partial charge is 0.242 e. The third-order valence-electron chi connectivity index (χ3n) is 6.55. The molecule has 3 N–H and O–H groups in total. The number of rotatable bonds is 6. The zero-order chi connectivity index (χ0) is 24.6. The monoisotopic (exact) mass is 516 g/mol. The van der Waals surface area contributed by atoms with Gasteiger partial charge in [-0.05, 0) is 24.0 Å². The molecule has 4 aromatic heterocycles. The van der Waals surface area contributed by atoms with Crippen LogP contribution in [0.15, 0.2) is 53.7 Å². The van der Waals surface area contributed by atoms with Gasteiger partial charge in [0.25, 0.3) is 0 Å². The Morgan fingerprint density at radius 2 is 1.81 bits per heavy atom. The predicted molar refractivity (Wildman–Crippen MR) is 143 cm³/mol. The Morgan fingerprint density at radius 1 is 1.06 bits per heavy atom. The second-order valence-electron chi connectivity index (χ2n) is 8.84. The summed E-state index contributed by atoms with van der Waals surface area (Å²) in [6.45, 7) is 2.11. The summed E-state index contributed by atoms with van der Waals surface area (Å²) in [6, 6.07) is 8.40. The molecule has 10 heteroatoms. The molecule has 2 amide bonds. The third-order valence-corrected chi connectivity index (χ3v) is 8.71. The highest BCUT2D eigenvalue weighted by Gasteiger charge is 2.31. The van der Waals surface area contributed by atoms with E-state index in [1.54, 1.807) is 29.0 Å². The largest absolute Gasteiger partial charge is 0.347 e. The predicted octanol–water partition coefficient (Wildman–Crippen LogP) is 5.21. The second-order valence-corrected chi connectivity index (χ2v) is 10.6. The standard InChI is InChI=1S/C26H24N6O2S2/c1-15(33)28-11-23(34)32-8-2-3-22(32)26-29-10-20(31-26)17-6-4-16(5-7-17)18-12-35-25-19(13-36-24(18)25)21-9-27-14-30-21/h4-7,9-10,12-14,22H,2-3,8,11H2,1H3,(H,27,30)(H,28,33)(H,29,31)/t22-/m0/s1. The zero-order valence-electron chi connectivity index (χ0n) is 19.6.